The number of hydrogen-bond donors (Lipinski definition) is 1. The second-order valence-corrected chi connectivity index (χ2v) is 10.6. The highest BCUT2D eigenvalue weighted by Crippen LogP contribution is 2.61. The van der Waals surface area contributed by atoms with E-state index >= 15 is 0 Å². The molecular weight excluding hydrogens is 398 g/mol. The monoisotopic (exact) mass is 425 g/mol. The third-order valence-electron chi connectivity index (χ3n) is 7.72. The zero-order valence-electron chi connectivity index (χ0n) is 15.9. The van der Waals surface area contributed by atoms with Gasteiger partial charge in [0.1, 0.15) is 5.82 Å². The molecule has 4 heteroatoms. The van der Waals surface area contributed by atoms with E-state index in [1.807, 2.05) is 0 Å². The largest absolute Gasteiger partial charge is 0.370 e. The van der Waals surface area contributed by atoms with E-state index in [1.165, 1.54) is 80.6 Å². The van der Waals surface area contributed by atoms with Crippen molar-refractivity contribution >= 4 is 21.7 Å². The van der Waals surface area contributed by atoms with Gasteiger partial charge in [-0.2, -0.15) is 5.10 Å². The molecule has 4 fully saturated rings. The fourth-order valence-electron chi connectivity index (χ4n) is 7.12. The van der Waals surface area contributed by atoms with Crippen molar-refractivity contribution in [3.8, 4) is 5.69 Å². The van der Waals surface area contributed by atoms with Gasteiger partial charge in [0, 0.05) is 22.0 Å². The molecule has 5 aliphatic rings. The van der Waals surface area contributed by atoms with Crippen LogP contribution in [0.5, 0.6) is 0 Å². The van der Waals surface area contributed by atoms with Crippen LogP contribution in [-0.4, -0.2) is 16.3 Å². The molecular formula is C23H28BrN3. The van der Waals surface area contributed by atoms with Crippen molar-refractivity contribution < 1.29 is 0 Å². The minimum Gasteiger partial charge on any atom is -0.370 e. The van der Waals surface area contributed by atoms with Crippen molar-refractivity contribution in [3.05, 3.63) is 40.0 Å². The minimum atomic E-state index is 0.363. The van der Waals surface area contributed by atoms with Crippen molar-refractivity contribution in [1.29, 1.82) is 0 Å². The number of anilines is 1. The van der Waals surface area contributed by atoms with Gasteiger partial charge >= 0.3 is 0 Å². The molecule has 4 aliphatic carbocycles. The molecule has 4 saturated carbocycles. The van der Waals surface area contributed by atoms with Crippen LogP contribution in [-0.2, 0) is 11.8 Å². The Labute approximate surface area is 170 Å². The molecule has 4 bridgehead atoms. The smallest absolute Gasteiger partial charge is 0.133 e. The van der Waals surface area contributed by atoms with E-state index < -0.39 is 0 Å². The summed E-state index contributed by atoms with van der Waals surface area (Å²) in [6.07, 6.45) is 12.4. The number of nitrogens with one attached hydrogen (secondary N) is 1. The Morgan fingerprint density at radius 3 is 2.48 bits per heavy atom. The molecule has 0 amide bonds. The zero-order chi connectivity index (χ0) is 18.0. The van der Waals surface area contributed by atoms with E-state index in [9.17, 15) is 0 Å². The van der Waals surface area contributed by atoms with Gasteiger partial charge in [-0.05, 0) is 93.7 Å². The molecule has 142 valence electrons. The maximum absolute atomic E-state index is 5.37. The first-order valence-corrected chi connectivity index (χ1v) is 11.6. The Balaban J connectivity index is 1.52. The molecule has 0 spiro atoms. The number of fused-ring (bicyclic) bond motifs is 1. The van der Waals surface area contributed by atoms with Crippen molar-refractivity contribution in [2.75, 3.05) is 11.9 Å². The molecule has 1 aromatic heterocycles. The van der Waals surface area contributed by atoms with Crippen LogP contribution < -0.4 is 5.32 Å². The van der Waals surface area contributed by atoms with Crippen molar-refractivity contribution in [3.63, 3.8) is 0 Å². The van der Waals surface area contributed by atoms with Crippen molar-refractivity contribution in [1.82, 2.24) is 9.78 Å². The van der Waals surface area contributed by atoms with Gasteiger partial charge in [0.2, 0.25) is 0 Å². The number of benzene rings is 1. The summed E-state index contributed by atoms with van der Waals surface area (Å²) in [4.78, 5) is 0. The second kappa shape index (κ2) is 6.10. The van der Waals surface area contributed by atoms with E-state index in [0.717, 1.165) is 28.8 Å². The van der Waals surface area contributed by atoms with E-state index in [-0.39, 0.29) is 0 Å². The quantitative estimate of drug-likeness (QED) is 0.653. The molecule has 1 aliphatic heterocycles. The SMILES string of the molecule is Brc1cccc(-n2nc(C34CC5CC(CC(C5)C3)C4)c3c2NCCCC3)c1. The van der Waals surface area contributed by atoms with Crippen LogP contribution in [0.15, 0.2) is 28.7 Å². The van der Waals surface area contributed by atoms with Crippen LogP contribution in [0.4, 0.5) is 5.82 Å². The molecule has 0 unspecified atom stereocenters. The highest BCUT2D eigenvalue weighted by Gasteiger charge is 2.53. The molecule has 1 aromatic carbocycles. The van der Waals surface area contributed by atoms with Crippen LogP contribution in [0.1, 0.15) is 62.6 Å². The molecule has 3 nitrogen and oxygen atoms in total. The summed E-state index contributed by atoms with van der Waals surface area (Å²) >= 11 is 3.65. The van der Waals surface area contributed by atoms with Crippen LogP contribution >= 0.6 is 15.9 Å². The van der Waals surface area contributed by atoms with Crippen molar-refractivity contribution in [2.24, 2.45) is 17.8 Å². The number of halogens is 1. The number of aromatic nitrogens is 2. The predicted molar refractivity (Wildman–Crippen MR) is 113 cm³/mol. The lowest BCUT2D eigenvalue weighted by Crippen LogP contribution is -2.49. The molecule has 0 saturated heterocycles. The summed E-state index contributed by atoms with van der Waals surface area (Å²) in [6.45, 7) is 1.06. The molecule has 7 rings (SSSR count). The predicted octanol–water partition coefficient (Wildman–Crippen LogP) is 5.85. The number of hydrogen-bond acceptors (Lipinski definition) is 2. The summed E-state index contributed by atoms with van der Waals surface area (Å²) in [5.41, 5.74) is 4.54. The Bertz CT molecular complexity index is 848. The normalized spacial score (nSPS) is 34.2. The average Bonchev–Trinajstić information content (AvgIpc) is 2.83. The maximum Gasteiger partial charge on any atom is 0.133 e. The summed E-state index contributed by atoms with van der Waals surface area (Å²) in [5.74, 6) is 4.15. The Morgan fingerprint density at radius 2 is 1.78 bits per heavy atom. The summed E-state index contributed by atoms with van der Waals surface area (Å²) in [7, 11) is 0. The first-order chi connectivity index (χ1) is 13.2. The topological polar surface area (TPSA) is 29.9 Å². The highest BCUT2D eigenvalue weighted by atomic mass is 79.9. The van der Waals surface area contributed by atoms with Crippen LogP contribution in [0.3, 0.4) is 0 Å². The van der Waals surface area contributed by atoms with E-state index in [4.69, 9.17) is 5.10 Å². The molecule has 27 heavy (non-hydrogen) atoms. The van der Waals surface area contributed by atoms with Crippen LogP contribution in [0.2, 0.25) is 0 Å². The standard InChI is InChI=1S/C23H28BrN3/c24-18-4-3-5-19(11-18)27-22-20(6-1-2-7-25-22)21(26-27)23-12-15-8-16(13-23)10-17(9-15)14-23/h3-5,11,15-17,25H,1-2,6-10,12-14H2. The van der Waals surface area contributed by atoms with Crippen LogP contribution in [0, 0.1) is 17.8 Å². The molecule has 0 radical (unpaired) electrons. The van der Waals surface area contributed by atoms with E-state index in [0.29, 0.717) is 5.41 Å². The van der Waals surface area contributed by atoms with Gasteiger partial charge in [0.25, 0.3) is 0 Å². The molecule has 2 heterocycles. The summed E-state index contributed by atoms with van der Waals surface area (Å²) in [5, 5.41) is 9.12. The van der Waals surface area contributed by atoms with E-state index in [2.05, 4.69) is 50.2 Å². The van der Waals surface area contributed by atoms with Crippen LogP contribution in [0.25, 0.3) is 5.69 Å². The third-order valence-corrected chi connectivity index (χ3v) is 8.22. The van der Waals surface area contributed by atoms with Gasteiger partial charge in [-0.3, -0.25) is 0 Å². The molecule has 2 aromatic rings. The van der Waals surface area contributed by atoms with Gasteiger partial charge in [0.05, 0.1) is 11.4 Å². The maximum atomic E-state index is 5.37. The fraction of sp³-hybridized carbons (Fsp3) is 0.609. The lowest BCUT2D eigenvalue weighted by atomic mass is 9.48. The highest BCUT2D eigenvalue weighted by molar-refractivity contribution is 9.10. The molecule has 0 atom stereocenters. The second-order valence-electron chi connectivity index (χ2n) is 9.65. The first kappa shape index (κ1) is 16.6. The Morgan fingerprint density at radius 1 is 1.04 bits per heavy atom. The van der Waals surface area contributed by atoms with Gasteiger partial charge in [-0.15, -0.1) is 0 Å². The fourth-order valence-corrected chi connectivity index (χ4v) is 7.51. The number of rotatable bonds is 2. The van der Waals surface area contributed by atoms with Gasteiger partial charge < -0.3 is 5.32 Å². The summed E-state index contributed by atoms with van der Waals surface area (Å²) < 4.78 is 3.34. The van der Waals surface area contributed by atoms with Gasteiger partial charge in [-0.25, -0.2) is 4.68 Å². The summed E-state index contributed by atoms with van der Waals surface area (Å²) in [6, 6.07) is 8.60. The minimum absolute atomic E-state index is 0.363. The lowest BCUT2D eigenvalue weighted by molar-refractivity contribution is -0.00773. The number of nitrogens with zero attached hydrogens (tertiary/aromatic N) is 2. The van der Waals surface area contributed by atoms with Gasteiger partial charge in [0.15, 0.2) is 0 Å². The Hall–Kier alpha value is -1.29. The average molecular weight is 426 g/mol. The third kappa shape index (κ3) is 2.62. The zero-order valence-corrected chi connectivity index (χ0v) is 17.5. The van der Waals surface area contributed by atoms with Gasteiger partial charge in [-0.1, -0.05) is 22.0 Å². The van der Waals surface area contributed by atoms with Crippen molar-refractivity contribution in [2.45, 2.75) is 63.2 Å². The first-order valence-electron chi connectivity index (χ1n) is 10.8. The van der Waals surface area contributed by atoms with E-state index in [1.54, 1.807) is 0 Å². The molecule has 1 N–H and O–H groups in total. The lowest BCUT2D eigenvalue weighted by Gasteiger charge is -2.56. The Kier molecular flexibility index (Phi) is 3.76.